The molecule has 30 heavy (non-hydrogen) atoms. The van der Waals surface area contributed by atoms with E-state index in [1.54, 1.807) is 11.0 Å². The lowest BCUT2D eigenvalue weighted by atomic mass is 10.1. The molecule has 1 aromatic carbocycles. The third kappa shape index (κ3) is 4.57. The van der Waals surface area contributed by atoms with E-state index in [2.05, 4.69) is 5.16 Å². The van der Waals surface area contributed by atoms with Gasteiger partial charge in [0, 0.05) is 22.5 Å². The highest BCUT2D eigenvalue weighted by Gasteiger charge is 2.36. The number of carbonyl (C=O) groups excluding carboxylic acids is 1. The largest absolute Gasteiger partial charge is 0.494 e. The van der Waals surface area contributed by atoms with Crippen LogP contribution in [0.2, 0.25) is 0 Å². The van der Waals surface area contributed by atoms with Gasteiger partial charge < -0.3 is 14.2 Å². The molecule has 0 bridgehead atoms. The Morgan fingerprint density at radius 3 is 2.73 bits per heavy atom. The number of sulfone groups is 1. The Labute approximate surface area is 179 Å². The SMILES string of the molecule is CCOc1ccc(-c2cc(C(=O)N(Cc3cccs3)[C@@H]3CCS(=O)(=O)C3)no2)cc1. The quantitative estimate of drug-likeness (QED) is 0.551. The van der Waals surface area contributed by atoms with Crippen LogP contribution >= 0.6 is 11.3 Å². The number of ether oxygens (including phenoxy) is 1. The van der Waals surface area contributed by atoms with Crippen LogP contribution in [0.25, 0.3) is 11.3 Å². The number of nitrogens with zero attached hydrogens (tertiary/aromatic N) is 2. The van der Waals surface area contributed by atoms with E-state index < -0.39 is 9.84 Å². The number of hydrogen-bond acceptors (Lipinski definition) is 7. The fourth-order valence-corrected chi connectivity index (χ4v) is 5.93. The van der Waals surface area contributed by atoms with Gasteiger partial charge in [0.15, 0.2) is 21.3 Å². The maximum atomic E-state index is 13.2. The zero-order valence-electron chi connectivity index (χ0n) is 16.5. The molecule has 1 aliphatic rings. The molecule has 1 saturated heterocycles. The van der Waals surface area contributed by atoms with Gasteiger partial charge in [0.25, 0.3) is 5.91 Å². The Kier molecular flexibility index (Phi) is 5.92. The molecule has 0 unspecified atom stereocenters. The number of carbonyl (C=O) groups is 1. The van der Waals surface area contributed by atoms with Crippen molar-refractivity contribution in [1.29, 1.82) is 0 Å². The van der Waals surface area contributed by atoms with Gasteiger partial charge in [0.2, 0.25) is 0 Å². The van der Waals surface area contributed by atoms with Gasteiger partial charge in [-0.2, -0.15) is 0 Å². The predicted octanol–water partition coefficient (Wildman–Crippen LogP) is 3.63. The average molecular weight is 447 g/mol. The van der Waals surface area contributed by atoms with Crippen molar-refractivity contribution in [2.45, 2.75) is 25.9 Å². The summed E-state index contributed by atoms with van der Waals surface area (Å²) < 4.78 is 34.8. The molecule has 0 aliphatic carbocycles. The van der Waals surface area contributed by atoms with Crippen LogP contribution in [0, 0.1) is 0 Å². The van der Waals surface area contributed by atoms with Gasteiger partial charge in [-0.1, -0.05) is 11.2 Å². The van der Waals surface area contributed by atoms with Gasteiger partial charge in [-0.05, 0) is 49.1 Å². The molecule has 0 saturated carbocycles. The van der Waals surface area contributed by atoms with Crippen LogP contribution < -0.4 is 4.74 Å². The molecule has 4 rings (SSSR count). The van der Waals surface area contributed by atoms with Gasteiger partial charge >= 0.3 is 0 Å². The summed E-state index contributed by atoms with van der Waals surface area (Å²) >= 11 is 1.53. The van der Waals surface area contributed by atoms with Crippen LogP contribution in [0.1, 0.15) is 28.7 Å². The van der Waals surface area contributed by atoms with Crippen molar-refractivity contribution in [3.8, 4) is 17.1 Å². The van der Waals surface area contributed by atoms with Crippen molar-refractivity contribution in [3.05, 3.63) is 58.4 Å². The summed E-state index contributed by atoms with van der Waals surface area (Å²) in [5, 5.41) is 5.90. The molecule has 158 valence electrons. The van der Waals surface area contributed by atoms with Gasteiger partial charge in [0.1, 0.15) is 5.75 Å². The third-order valence-corrected chi connectivity index (χ3v) is 7.61. The van der Waals surface area contributed by atoms with Crippen molar-refractivity contribution in [2.24, 2.45) is 0 Å². The second-order valence-corrected chi connectivity index (χ2v) is 10.4. The lowest BCUT2D eigenvalue weighted by Crippen LogP contribution is -2.40. The maximum absolute atomic E-state index is 13.2. The zero-order chi connectivity index (χ0) is 21.1. The minimum absolute atomic E-state index is 0.0201. The number of hydrogen-bond donors (Lipinski definition) is 0. The van der Waals surface area contributed by atoms with E-state index in [-0.39, 0.29) is 29.1 Å². The molecular weight excluding hydrogens is 424 g/mol. The van der Waals surface area contributed by atoms with E-state index in [0.717, 1.165) is 16.2 Å². The first-order valence-electron chi connectivity index (χ1n) is 9.69. The molecule has 1 amide bonds. The molecule has 0 spiro atoms. The highest BCUT2D eigenvalue weighted by molar-refractivity contribution is 7.91. The van der Waals surface area contributed by atoms with Crippen LogP contribution in [0.15, 0.2) is 52.4 Å². The van der Waals surface area contributed by atoms with Crippen LogP contribution in [-0.4, -0.2) is 48.5 Å². The summed E-state index contributed by atoms with van der Waals surface area (Å²) in [7, 11) is -3.13. The summed E-state index contributed by atoms with van der Waals surface area (Å²) in [4.78, 5) is 15.8. The van der Waals surface area contributed by atoms with Crippen LogP contribution in [0.5, 0.6) is 5.75 Å². The van der Waals surface area contributed by atoms with Crippen molar-refractivity contribution in [1.82, 2.24) is 10.1 Å². The minimum atomic E-state index is -3.13. The van der Waals surface area contributed by atoms with E-state index in [0.29, 0.717) is 25.3 Å². The normalized spacial score (nSPS) is 17.7. The fraction of sp³-hybridized carbons (Fsp3) is 0.333. The molecule has 1 fully saturated rings. The molecule has 7 nitrogen and oxygen atoms in total. The maximum Gasteiger partial charge on any atom is 0.276 e. The second-order valence-electron chi connectivity index (χ2n) is 7.10. The highest BCUT2D eigenvalue weighted by Crippen LogP contribution is 2.27. The number of aromatic nitrogens is 1. The molecule has 1 aliphatic heterocycles. The van der Waals surface area contributed by atoms with Crippen molar-refractivity contribution < 1.29 is 22.5 Å². The van der Waals surface area contributed by atoms with Crippen molar-refractivity contribution in [3.63, 3.8) is 0 Å². The van der Waals surface area contributed by atoms with E-state index in [1.165, 1.54) is 11.3 Å². The van der Waals surface area contributed by atoms with E-state index >= 15 is 0 Å². The highest BCUT2D eigenvalue weighted by atomic mass is 32.2. The first kappa shape index (κ1) is 20.6. The molecule has 0 N–H and O–H groups in total. The number of thiophene rings is 1. The van der Waals surface area contributed by atoms with Crippen LogP contribution in [-0.2, 0) is 16.4 Å². The monoisotopic (exact) mass is 446 g/mol. The summed E-state index contributed by atoms with van der Waals surface area (Å²) in [5.41, 5.74) is 0.943. The standard InChI is InChI=1S/C21H22N2O5S2/c1-2-27-17-7-5-15(6-8-17)20-12-19(22-28-20)21(24)23(13-18-4-3-10-29-18)16-9-11-30(25,26)14-16/h3-8,10,12,16H,2,9,11,13-14H2,1H3/t16-/m1/s1. The summed E-state index contributed by atoms with van der Waals surface area (Å²) in [5.74, 6) is 0.972. The molecule has 0 radical (unpaired) electrons. The van der Waals surface area contributed by atoms with E-state index in [9.17, 15) is 13.2 Å². The Balaban J connectivity index is 1.57. The summed E-state index contributed by atoms with van der Waals surface area (Å²) in [6.45, 7) is 2.85. The molecule has 3 heterocycles. The Bertz CT molecular complexity index is 1100. The minimum Gasteiger partial charge on any atom is -0.494 e. The zero-order valence-corrected chi connectivity index (χ0v) is 18.1. The Hall–Kier alpha value is -2.65. The topological polar surface area (TPSA) is 89.7 Å². The number of rotatable bonds is 7. The number of benzene rings is 1. The molecule has 1 atom stereocenters. The summed E-state index contributed by atoms with van der Waals surface area (Å²) in [6, 6.07) is 12.4. The van der Waals surface area contributed by atoms with E-state index in [4.69, 9.17) is 9.26 Å². The third-order valence-electron chi connectivity index (χ3n) is 5.00. The lowest BCUT2D eigenvalue weighted by Gasteiger charge is -2.26. The van der Waals surface area contributed by atoms with Gasteiger partial charge in [-0.25, -0.2) is 8.42 Å². The summed E-state index contributed by atoms with van der Waals surface area (Å²) in [6.07, 6.45) is 0.434. The first-order valence-corrected chi connectivity index (χ1v) is 12.4. The molecule has 3 aromatic rings. The lowest BCUT2D eigenvalue weighted by molar-refractivity contribution is 0.0672. The Morgan fingerprint density at radius 1 is 1.30 bits per heavy atom. The molecule has 9 heteroatoms. The molecule has 2 aromatic heterocycles. The second kappa shape index (κ2) is 8.61. The van der Waals surface area contributed by atoms with Crippen LogP contribution in [0.4, 0.5) is 0 Å². The Morgan fingerprint density at radius 2 is 2.10 bits per heavy atom. The van der Waals surface area contributed by atoms with Gasteiger partial charge in [0.05, 0.1) is 24.7 Å². The van der Waals surface area contributed by atoms with Gasteiger partial charge in [-0.15, -0.1) is 11.3 Å². The van der Waals surface area contributed by atoms with Crippen LogP contribution in [0.3, 0.4) is 0 Å². The predicted molar refractivity (Wildman–Crippen MR) is 114 cm³/mol. The van der Waals surface area contributed by atoms with E-state index in [1.807, 2.05) is 48.7 Å². The first-order chi connectivity index (χ1) is 14.4. The van der Waals surface area contributed by atoms with Crippen molar-refractivity contribution >= 4 is 27.1 Å². The average Bonchev–Trinajstić information content (AvgIpc) is 3.47. The number of amides is 1. The smallest absolute Gasteiger partial charge is 0.276 e. The van der Waals surface area contributed by atoms with Gasteiger partial charge in [-0.3, -0.25) is 4.79 Å². The van der Waals surface area contributed by atoms with Crippen molar-refractivity contribution in [2.75, 3.05) is 18.1 Å². The fourth-order valence-electron chi connectivity index (χ4n) is 3.50. The molecular formula is C21H22N2O5S2.